The Morgan fingerprint density at radius 1 is 1.21 bits per heavy atom. The summed E-state index contributed by atoms with van der Waals surface area (Å²) in [6.07, 6.45) is 10.8. The predicted molar refractivity (Wildman–Crippen MR) is 107 cm³/mol. The van der Waals surface area contributed by atoms with Gasteiger partial charge in [0.25, 0.3) is 0 Å². The Bertz CT molecular complexity index is 523. The first kappa shape index (κ1) is 19.7. The number of aromatic hydroxyl groups is 1. The second-order valence-corrected chi connectivity index (χ2v) is 8.97. The second kappa shape index (κ2) is 9.17. The van der Waals surface area contributed by atoms with E-state index in [1.54, 1.807) is 0 Å². The van der Waals surface area contributed by atoms with E-state index in [4.69, 9.17) is 0 Å². The molecular weight excluding hydrogens is 312 g/mol. The molecule has 0 saturated heterocycles. The topological polar surface area (TPSA) is 20.2 Å². The van der Waals surface area contributed by atoms with Crippen LogP contribution in [0.25, 0.3) is 0 Å². The lowest BCUT2D eigenvalue weighted by molar-refractivity contribution is 0.193. The van der Waals surface area contributed by atoms with Crippen molar-refractivity contribution in [1.29, 1.82) is 0 Å². The van der Waals surface area contributed by atoms with Crippen LogP contribution in [0.15, 0.2) is 17.0 Å². The number of phenols is 1. The monoisotopic (exact) mass is 348 g/mol. The maximum absolute atomic E-state index is 10.9. The summed E-state index contributed by atoms with van der Waals surface area (Å²) in [5.74, 6) is 3.21. The van der Waals surface area contributed by atoms with Crippen LogP contribution < -0.4 is 0 Å². The third-order valence-electron chi connectivity index (χ3n) is 5.86. The summed E-state index contributed by atoms with van der Waals surface area (Å²) in [5.41, 5.74) is 2.55. The van der Waals surface area contributed by atoms with E-state index in [1.807, 2.05) is 11.8 Å². The van der Waals surface area contributed by atoms with Gasteiger partial charge in [0.2, 0.25) is 0 Å². The van der Waals surface area contributed by atoms with Gasteiger partial charge >= 0.3 is 0 Å². The lowest BCUT2D eigenvalue weighted by Gasteiger charge is -2.38. The van der Waals surface area contributed by atoms with E-state index >= 15 is 0 Å². The molecule has 0 radical (unpaired) electrons. The maximum atomic E-state index is 10.9. The summed E-state index contributed by atoms with van der Waals surface area (Å²) < 4.78 is 0. The molecule has 3 atom stereocenters. The molecule has 0 bridgehead atoms. The Morgan fingerprint density at radius 3 is 2.58 bits per heavy atom. The molecule has 136 valence electrons. The highest BCUT2D eigenvalue weighted by Gasteiger charge is 2.34. The molecule has 1 aromatic carbocycles. The number of rotatable bonds is 7. The van der Waals surface area contributed by atoms with Gasteiger partial charge in [0.1, 0.15) is 5.75 Å². The molecule has 0 aliphatic heterocycles. The molecule has 2 heteroatoms. The zero-order chi connectivity index (χ0) is 17.7. The number of hydrogen-bond acceptors (Lipinski definition) is 2. The van der Waals surface area contributed by atoms with Crippen molar-refractivity contribution in [3.63, 3.8) is 0 Å². The number of unbranched alkanes of at least 4 members (excludes halogenated alkanes) is 2. The normalized spacial score (nSPS) is 24.5. The fourth-order valence-electron chi connectivity index (χ4n) is 4.47. The zero-order valence-corrected chi connectivity index (χ0v) is 17.1. The molecule has 1 aliphatic carbocycles. The smallest absolute Gasteiger partial charge is 0.120 e. The summed E-state index contributed by atoms with van der Waals surface area (Å²) in [6.45, 7) is 9.31. The Kier molecular flexibility index (Phi) is 7.53. The van der Waals surface area contributed by atoms with Crippen LogP contribution in [0.5, 0.6) is 5.75 Å². The number of thioether (sulfide) groups is 1. The third-order valence-corrected chi connectivity index (χ3v) is 6.64. The Labute approximate surface area is 153 Å². The van der Waals surface area contributed by atoms with Crippen molar-refractivity contribution in [3.8, 4) is 5.75 Å². The van der Waals surface area contributed by atoms with Crippen LogP contribution in [0.1, 0.15) is 83.3 Å². The average Bonchev–Trinajstić information content (AvgIpc) is 2.54. The van der Waals surface area contributed by atoms with Crippen LogP contribution in [-0.2, 0) is 6.42 Å². The molecule has 1 fully saturated rings. The van der Waals surface area contributed by atoms with Gasteiger partial charge < -0.3 is 5.11 Å². The van der Waals surface area contributed by atoms with Crippen molar-refractivity contribution in [2.24, 2.45) is 17.8 Å². The molecule has 2 rings (SSSR count). The van der Waals surface area contributed by atoms with Gasteiger partial charge in [-0.1, -0.05) is 47.0 Å². The van der Waals surface area contributed by atoms with Crippen molar-refractivity contribution in [3.05, 3.63) is 23.3 Å². The van der Waals surface area contributed by atoms with Crippen LogP contribution >= 0.6 is 11.8 Å². The van der Waals surface area contributed by atoms with Crippen molar-refractivity contribution >= 4 is 11.8 Å². The summed E-state index contributed by atoms with van der Waals surface area (Å²) in [7, 11) is 0. The van der Waals surface area contributed by atoms with E-state index in [-0.39, 0.29) is 0 Å². The van der Waals surface area contributed by atoms with Crippen LogP contribution in [0, 0.1) is 17.8 Å². The molecular formula is C22H36OS. The minimum absolute atomic E-state index is 0.515. The van der Waals surface area contributed by atoms with E-state index < -0.39 is 0 Å². The molecule has 1 saturated carbocycles. The van der Waals surface area contributed by atoms with Gasteiger partial charge in [-0.25, -0.2) is 0 Å². The largest absolute Gasteiger partial charge is 0.508 e. The molecule has 0 spiro atoms. The molecule has 0 aromatic heterocycles. The first-order valence-corrected chi connectivity index (χ1v) is 11.1. The van der Waals surface area contributed by atoms with E-state index in [9.17, 15) is 5.11 Å². The quantitative estimate of drug-likeness (QED) is 0.422. The van der Waals surface area contributed by atoms with E-state index in [1.165, 1.54) is 54.5 Å². The summed E-state index contributed by atoms with van der Waals surface area (Å²) in [4.78, 5) is 1.31. The van der Waals surface area contributed by atoms with Crippen molar-refractivity contribution in [1.82, 2.24) is 0 Å². The number of benzene rings is 1. The summed E-state index contributed by atoms with van der Waals surface area (Å²) >= 11 is 1.81. The van der Waals surface area contributed by atoms with Gasteiger partial charge in [0, 0.05) is 10.5 Å². The molecule has 24 heavy (non-hydrogen) atoms. The predicted octanol–water partition coefficient (Wildman–Crippen LogP) is 7.02. The van der Waals surface area contributed by atoms with Crippen molar-refractivity contribution in [2.75, 3.05) is 6.26 Å². The minimum atomic E-state index is 0.515. The van der Waals surface area contributed by atoms with Crippen LogP contribution in [0.4, 0.5) is 0 Å². The highest BCUT2D eigenvalue weighted by atomic mass is 32.2. The molecule has 1 nitrogen and oxygen atoms in total. The molecule has 0 heterocycles. The van der Waals surface area contributed by atoms with Crippen LogP contribution in [0.3, 0.4) is 0 Å². The maximum Gasteiger partial charge on any atom is 0.120 e. The molecule has 0 amide bonds. The van der Waals surface area contributed by atoms with Crippen molar-refractivity contribution < 1.29 is 5.11 Å². The highest BCUT2D eigenvalue weighted by Crippen LogP contribution is 2.49. The number of hydrogen-bond donors (Lipinski definition) is 1. The van der Waals surface area contributed by atoms with E-state index in [0.717, 1.165) is 12.3 Å². The molecule has 0 unspecified atom stereocenters. The van der Waals surface area contributed by atoms with Gasteiger partial charge in [-0.3, -0.25) is 0 Å². The number of phenolic OH excluding ortho intramolecular Hbond substituents is 1. The first-order valence-electron chi connectivity index (χ1n) is 9.87. The lowest BCUT2D eigenvalue weighted by atomic mass is 9.67. The summed E-state index contributed by atoms with van der Waals surface area (Å²) in [6, 6.07) is 4.41. The Morgan fingerprint density at radius 2 is 1.96 bits per heavy atom. The first-order chi connectivity index (χ1) is 11.5. The van der Waals surface area contributed by atoms with Gasteiger partial charge in [-0.2, -0.15) is 0 Å². The van der Waals surface area contributed by atoms with Crippen molar-refractivity contribution in [2.45, 2.75) is 83.5 Å². The fourth-order valence-corrected chi connectivity index (χ4v) is 5.21. The standard InChI is InChI=1S/C22H36OS/c1-6-7-8-9-17-13-20(23)22(21(14-17)24-5)19-12-16(4)10-11-18(19)15(2)3/h13-16,18-19,23H,6-12H2,1-5H3/t16-,18-,19+/m0/s1. The SMILES string of the molecule is CCCCCc1cc(O)c([C@@H]2C[C@@H](C)CC[C@H]2C(C)C)c(SC)c1. The average molecular weight is 349 g/mol. The van der Waals surface area contributed by atoms with Crippen LogP contribution in [0.2, 0.25) is 0 Å². The third kappa shape index (κ3) is 4.71. The van der Waals surface area contributed by atoms with Gasteiger partial charge in [-0.05, 0) is 73.3 Å². The van der Waals surface area contributed by atoms with Gasteiger partial charge in [-0.15, -0.1) is 11.8 Å². The zero-order valence-electron chi connectivity index (χ0n) is 16.3. The summed E-state index contributed by atoms with van der Waals surface area (Å²) in [5, 5.41) is 10.9. The highest BCUT2D eigenvalue weighted by molar-refractivity contribution is 7.98. The Hall–Kier alpha value is -0.630. The second-order valence-electron chi connectivity index (χ2n) is 8.12. The van der Waals surface area contributed by atoms with E-state index in [0.29, 0.717) is 23.5 Å². The van der Waals surface area contributed by atoms with Gasteiger partial charge in [0.05, 0.1) is 0 Å². The van der Waals surface area contributed by atoms with Gasteiger partial charge in [0.15, 0.2) is 0 Å². The lowest BCUT2D eigenvalue weighted by Crippen LogP contribution is -2.26. The molecule has 1 aromatic rings. The minimum Gasteiger partial charge on any atom is -0.508 e. The number of aryl methyl sites for hydroxylation is 1. The fraction of sp³-hybridized carbons (Fsp3) is 0.727. The molecule has 1 aliphatic rings. The molecule has 1 N–H and O–H groups in total. The Balaban J connectivity index is 2.33. The van der Waals surface area contributed by atoms with Crippen LogP contribution in [-0.4, -0.2) is 11.4 Å². The van der Waals surface area contributed by atoms with E-state index in [2.05, 4.69) is 46.1 Å².